The summed E-state index contributed by atoms with van der Waals surface area (Å²) in [7, 11) is 2.79. The Balaban J connectivity index is -0.000000567. The van der Waals surface area contributed by atoms with Gasteiger partial charge in [0.25, 0.3) is 17.8 Å². The van der Waals surface area contributed by atoms with Crippen molar-refractivity contribution in [2.75, 3.05) is 71.7 Å². The van der Waals surface area contributed by atoms with Crippen molar-refractivity contribution in [3.8, 4) is 11.5 Å². The number of rotatable bonds is 6. The molecule has 0 saturated carbocycles. The van der Waals surface area contributed by atoms with Gasteiger partial charge in [-0.2, -0.15) is 0 Å². The minimum atomic E-state index is -0.592. The molecule has 230 valence electrons. The number of anilines is 1. The second-order valence-corrected chi connectivity index (χ2v) is 8.25. The zero-order chi connectivity index (χ0) is 30.8. The predicted molar refractivity (Wildman–Crippen MR) is 144 cm³/mol. The number of carbonyl (C=O) groups is 1. The number of carbonyl (C=O) groups excluding carboxylic acids is 1. The maximum Gasteiger partial charge on any atom is 1.00 e. The molecule has 18 heteroatoms. The molecular formula is C25H35FK2N4O11. The monoisotopic (exact) mass is 664 g/mol. The standard InChI is InChI=1S/C12H16N2O4.C8H8FNO3.C4H9NO.CH2O3.2K.H/c1-9-7-11(13-3-5-18-6-4-13)12(17-2)8-10(9)14(15)16;1-5-3-6(9)8(13-2)4-7(5)10(11)12;1-3-6-4-2-5-1;2-1-4-3;;;/h7-8H,3-6H2,1-2H3;3-4H,1-2H3;5H,1-4H2;1,3H;;;/q;;;;2*+1;-1/p-1. The summed E-state index contributed by atoms with van der Waals surface area (Å²) in [5.74, 6) is -0.169. The molecule has 0 radical (unpaired) electrons. The van der Waals surface area contributed by atoms with Crippen LogP contribution >= 0.6 is 0 Å². The number of ether oxygens (including phenoxy) is 4. The number of methoxy groups -OCH3 is 2. The Bertz CT molecular complexity index is 1130. The number of hydrogen-bond donors (Lipinski definition) is 1. The molecule has 2 aliphatic rings. The van der Waals surface area contributed by atoms with E-state index in [1.807, 2.05) is 6.07 Å². The molecule has 1 N–H and O–H groups in total. The molecule has 4 rings (SSSR count). The first-order chi connectivity index (χ1) is 19.6. The zero-order valence-corrected chi connectivity index (χ0v) is 31.5. The number of nitrogens with zero attached hydrogens (tertiary/aromatic N) is 3. The molecule has 2 aromatic carbocycles. The van der Waals surface area contributed by atoms with Gasteiger partial charge < -0.3 is 40.7 Å². The molecule has 0 bridgehead atoms. The van der Waals surface area contributed by atoms with Crippen molar-refractivity contribution in [3.05, 3.63) is 61.4 Å². The number of morpholine rings is 2. The summed E-state index contributed by atoms with van der Waals surface area (Å²) in [5.41, 5.74) is 1.76. The van der Waals surface area contributed by atoms with Gasteiger partial charge in [0.15, 0.2) is 11.6 Å². The fraction of sp³-hybridized carbons (Fsp3) is 0.480. The van der Waals surface area contributed by atoms with E-state index >= 15 is 0 Å². The van der Waals surface area contributed by atoms with E-state index in [0.29, 0.717) is 24.5 Å². The van der Waals surface area contributed by atoms with Gasteiger partial charge in [-0.15, -0.1) is 0 Å². The number of benzene rings is 2. The molecule has 2 heterocycles. The Morgan fingerprint density at radius 1 is 0.884 bits per heavy atom. The van der Waals surface area contributed by atoms with Crippen LogP contribution in [0.3, 0.4) is 0 Å². The van der Waals surface area contributed by atoms with Gasteiger partial charge in [-0.05, 0) is 26.0 Å². The summed E-state index contributed by atoms with van der Waals surface area (Å²) in [6.07, 6.45) is 0. The second-order valence-electron chi connectivity index (χ2n) is 8.25. The molecule has 2 fully saturated rings. The van der Waals surface area contributed by atoms with Crippen LogP contribution in [0.5, 0.6) is 11.5 Å². The molecule has 43 heavy (non-hydrogen) atoms. The number of aryl methyl sites for hydroxylation is 2. The minimum absolute atomic E-state index is 0. The van der Waals surface area contributed by atoms with Gasteiger partial charge in [-0.25, -0.2) is 4.39 Å². The summed E-state index contributed by atoms with van der Waals surface area (Å²) >= 11 is 0. The normalized spacial score (nSPS) is 13.3. The Labute approximate surface area is 335 Å². The van der Waals surface area contributed by atoms with Gasteiger partial charge >= 0.3 is 103 Å². The second kappa shape index (κ2) is 25.4. The number of nitrogens with one attached hydrogen (secondary N) is 1. The van der Waals surface area contributed by atoms with Crippen LogP contribution in [-0.4, -0.2) is 83.1 Å². The van der Waals surface area contributed by atoms with Crippen molar-refractivity contribution in [2.45, 2.75) is 13.8 Å². The molecule has 2 aromatic rings. The van der Waals surface area contributed by atoms with Crippen LogP contribution in [0.2, 0.25) is 0 Å². The van der Waals surface area contributed by atoms with Gasteiger partial charge in [-0.1, -0.05) is 0 Å². The van der Waals surface area contributed by atoms with Crippen LogP contribution < -0.4 is 128 Å². The van der Waals surface area contributed by atoms with E-state index in [-0.39, 0.29) is 138 Å². The molecule has 0 atom stereocenters. The first-order valence-electron chi connectivity index (χ1n) is 12.3. The molecule has 2 aliphatic heterocycles. The third-order valence-electron chi connectivity index (χ3n) is 5.60. The van der Waals surface area contributed by atoms with Crippen molar-refractivity contribution in [1.82, 2.24) is 5.32 Å². The molecule has 0 aromatic heterocycles. The number of nitro benzene ring substituents is 2. The maximum atomic E-state index is 12.9. The zero-order valence-electron chi connectivity index (χ0n) is 26.3. The third-order valence-corrected chi connectivity index (χ3v) is 5.60. The first-order valence-corrected chi connectivity index (χ1v) is 12.3. The Morgan fingerprint density at radius 3 is 1.70 bits per heavy atom. The molecule has 0 unspecified atom stereocenters. The van der Waals surface area contributed by atoms with E-state index in [2.05, 4.69) is 19.8 Å². The quantitative estimate of drug-likeness (QED) is 0.103. The van der Waals surface area contributed by atoms with E-state index < -0.39 is 10.7 Å². The van der Waals surface area contributed by atoms with Crippen molar-refractivity contribution in [3.63, 3.8) is 0 Å². The van der Waals surface area contributed by atoms with E-state index in [0.717, 1.165) is 57.2 Å². The minimum Gasteiger partial charge on any atom is -1.00 e. The van der Waals surface area contributed by atoms with Crippen LogP contribution in [0.1, 0.15) is 12.6 Å². The largest absolute Gasteiger partial charge is 1.00 e. The smallest absolute Gasteiger partial charge is 1.00 e. The van der Waals surface area contributed by atoms with Crippen LogP contribution in [0.15, 0.2) is 24.3 Å². The Hall–Kier alpha value is -0.847. The van der Waals surface area contributed by atoms with Crippen LogP contribution in [0.25, 0.3) is 0 Å². The van der Waals surface area contributed by atoms with E-state index in [9.17, 15) is 24.6 Å². The van der Waals surface area contributed by atoms with Crippen molar-refractivity contribution in [2.24, 2.45) is 0 Å². The Morgan fingerprint density at radius 2 is 1.33 bits per heavy atom. The molecule has 0 aliphatic carbocycles. The van der Waals surface area contributed by atoms with E-state index in [4.69, 9.17) is 24.3 Å². The number of halogens is 1. The van der Waals surface area contributed by atoms with Crippen LogP contribution in [-0.2, 0) is 19.2 Å². The van der Waals surface area contributed by atoms with Gasteiger partial charge in [0.1, 0.15) is 5.75 Å². The average Bonchev–Trinajstić information content (AvgIpc) is 2.99. The predicted octanol–water partition coefficient (Wildman–Crippen LogP) is -4.04. The topological polar surface area (TPSA) is 188 Å². The van der Waals surface area contributed by atoms with E-state index in [1.54, 1.807) is 6.92 Å². The van der Waals surface area contributed by atoms with Gasteiger partial charge in [0.05, 0.1) is 68.3 Å². The van der Waals surface area contributed by atoms with Crippen LogP contribution in [0, 0.1) is 39.9 Å². The summed E-state index contributed by atoms with van der Waals surface area (Å²) < 4.78 is 33.1. The fourth-order valence-corrected chi connectivity index (χ4v) is 3.58. The van der Waals surface area contributed by atoms with Crippen molar-refractivity contribution < 1.29 is 152 Å². The number of nitro groups is 2. The van der Waals surface area contributed by atoms with Crippen molar-refractivity contribution >= 4 is 23.5 Å². The SMILES string of the molecule is C1COCCN1.COc1cc([N+](=O)[O-])c(C)cc1F.COc1cc([N+](=O)[O-])c(C)cc1N1CCOCC1.O=CO[O-].[H-].[K+].[K+]. The van der Waals surface area contributed by atoms with E-state index in [1.165, 1.54) is 27.2 Å². The molecule has 0 spiro atoms. The summed E-state index contributed by atoms with van der Waals surface area (Å²) in [6.45, 7) is 9.74. The molecule has 15 nitrogen and oxygen atoms in total. The Kier molecular flexibility index (Phi) is 26.1. The maximum absolute atomic E-state index is 12.9. The first kappa shape index (κ1) is 44.3. The summed E-state index contributed by atoms with van der Waals surface area (Å²) in [4.78, 5) is 33.7. The number of hydrogen-bond acceptors (Lipinski definition) is 13. The van der Waals surface area contributed by atoms with Gasteiger partial charge in [0.2, 0.25) is 0 Å². The summed E-state index contributed by atoms with van der Waals surface area (Å²) in [6, 6.07) is 5.45. The molecular weight excluding hydrogens is 629 g/mol. The summed E-state index contributed by atoms with van der Waals surface area (Å²) in [5, 5.41) is 32.9. The van der Waals surface area contributed by atoms with Gasteiger partial charge in [-0.3, -0.25) is 25.0 Å². The molecule has 2 saturated heterocycles. The van der Waals surface area contributed by atoms with Crippen LogP contribution in [0.4, 0.5) is 21.5 Å². The molecule has 0 amide bonds. The third kappa shape index (κ3) is 16.3. The fourth-order valence-electron chi connectivity index (χ4n) is 3.58. The average molecular weight is 665 g/mol. The van der Waals surface area contributed by atoms with Crippen molar-refractivity contribution in [1.29, 1.82) is 0 Å². The van der Waals surface area contributed by atoms with Gasteiger partial charge in [0, 0.05) is 37.3 Å².